The van der Waals surface area contributed by atoms with Crippen molar-refractivity contribution >= 4 is 29.0 Å². The molecule has 0 unspecified atom stereocenters. The molecule has 0 radical (unpaired) electrons. The lowest BCUT2D eigenvalue weighted by molar-refractivity contribution is -0.136. The quantitative estimate of drug-likeness (QED) is 0.662. The van der Waals surface area contributed by atoms with Gasteiger partial charge in [-0.1, -0.05) is 39.0 Å². The third kappa shape index (κ3) is 5.78. The van der Waals surface area contributed by atoms with Crippen molar-refractivity contribution in [2.75, 3.05) is 41.7 Å². The van der Waals surface area contributed by atoms with E-state index in [1.807, 2.05) is 53.4 Å². The summed E-state index contributed by atoms with van der Waals surface area (Å²) in [6.07, 6.45) is 2.67. The van der Waals surface area contributed by atoms with Crippen LogP contribution in [-0.2, 0) is 11.2 Å². The maximum Gasteiger partial charge on any atom is 0.323 e. The maximum atomic E-state index is 12.6. The van der Waals surface area contributed by atoms with Gasteiger partial charge in [-0.05, 0) is 55.2 Å². The highest BCUT2D eigenvalue weighted by molar-refractivity contribution is 6.00. The molecule has 6 heteroatoms. The summed E-state index contributed by atoms with van der Waals surface area (Å²) in [7, 11) is 0. The van der Waals surface area contributed by atoms with E-state index in [1.54, 1.807) is 0 Å². The number of rotatable bonds is 7. The third-order valence-corrected chi connectivity index (χ3v) is 6.06. The number of piperazine rings is 1. The molecule has 1 fully saturated rings. The van der Waals surface area contributed by atoms with Gasteiger partial charge in [-0.25, -0.2) is 4.79 Å². The number of hydrogen-bond donors (Lipinski definition) is 2. The summed E-state index contributed by atoms with van der Waals surface area (Å²) >= 11 is 0. The summed E-state index contributed by atoms with van der Waals surface area (Å²) in [6.45, 7) is 9.41. The summed E-state index contributed by atoms with van der Waals surface area (Å²) in [5.41, 5.74) is 3.80. The van der Waals surface area contributed by atoms with Crippen LogP contribution in [0.5, 0.6) is 0 Å². The van der Waals surface area contributed by atoms with E-state index in [9.17, 15) is 9.59 Å². The van der Waals surface area contributed by atoms with E-state index in [0.717, 1.165) is 68.1 Å². The second kappa shape index (κ2) is 10.8. The number of benzene rings is 2. The second-order valence-electron chi connectivity index (χ2n) is 7.96. The van der Waals surface area contributed by atoms with Crippen molar-refractivity contribution in [3.8, 4) is 0 Å². The van der Waals surface area contributed by atoms with Crippen LogP contribution in [-0.4, -0.2) is 43.0 Å². The average Bonchev–Trinajstić information content (AvgIpc) is 2.80. The van der Waals surface area contributed by atoms with Gasteiger partial charge in [0.2, 0.25) is 5.91 Å². The molecule has 3 rings (SSSR count). The van der Waals surface area contributed by atoms with Crippen LogP contribution in [0.25, 0.3) is 0 Å². The molecule has 3 amide bonds. The lowest BCUT2D eigenvalue weighted by Crippen LogP contribution is -2.50. The fourth-order valence-electron chi connectivity index (χ4n) is 4.07. The third-order valence-electron chi connectivity index (χ3n) is 6.06. The Morgan fingerprint density at radius 3 is 2.13 bits per heavy atom. The van der Waals surface area contributed by atoms with Gasteiger partial charge in [0.1, 0.15) is 0 Å². The highest BCUT2D eigenvalue weighted by atomic mass is 16.2. The largest absolute Gasteiger partial charge is 0.368 e. The van der Waals surface area contributed by atoms with E-state index in [2.05, 4.69) is 36.3 Å². The summed E-state index contributed by atoms with van der Waals surface area (Å²) in [4.78, 5) is 29.2. The number of nitrogens with one attached hydrogen (secondary N) is 2. The normalized spacial score (nSPS) is 13.9. The first kappa shape index (κ1) is 22.7. The first-order chi connectivity index (χ1) is 15.0. The van der Waals surface area contributed by atoms with Crippen molar-refractivity contribution in [1.29, 1.82) is 0 Å². The van der Waals surface area contributed by atoms with Gasteiger partial charge < -0.3 is 20.4 Å². The Bertz CT molecular complexity index is 869. The maximum absolute atomic E-state index is 12.6. The summed E-state index contributed by atoms with van der Waals surface area (Å²) in [5, 5.41) is 5.82. The van der Waals surface area contributed by atoms with Crippen LogP contribution in [0, 0.1) is 5.92 Å². The molecule has 0 saturated carbocycles. The molecule has 0 bridgehead atoms. The lowest BCUT2D eigenvalue weighted by Gasteiger charge is -2.37. The number of anilines is 3. The number of nitrogens with zero attached hydrogens (tertiary/aromatic N) is 2. The molecule has 1 heterocycles. The Hall–Kier alpha value is -3.02. The van der Waals surface area contributed by atoms with Gasteiger partial charge in [-0.2, -0.15) is 0 Å². The van der Waals surface area contributed by atoms with Crippen LogP contribution in [0.3, 0.4) is 0 Å². The van der Waals surface area contributed by atoms with Crippen molar-refractivity contribution in [2.24, 2.45) is 5.92 Å². The highest BCUT2D eigenvalue weighted by Crippen LogP contribution is 2.22. The molecule has 1 aliphatic rings. The van der Waals surface area contributed by atoms with Gasteiger partial charge in [-0.3, -0.25) is 4.79 Å². The molecule has 1 aliphatic heterocycles. The molecule has 1 saturated heterocycles. The van der Waals surface area contributed by atoms with E-state index < -0.39 is 0 Å². The monoisotopic (exact) mass is 422 g/mol. The number of carbonyl (C=O) groups excluding carboxylic acids is 2. The smallest absolute Gasteiger partial charge is 0.323 e. The molecule has 6 nitrogen and oxygen atoms in total. The van der Waals surface area contributed by atoms with Crippen LogP contribution >= 0.6 is 0 Å². The van der Waals surface area contributed by atoms with Crippen molar-refractivity contribution < 1.29 is 9.59 Å². The zero-order valence-corrected chi connectivity index (χ0v) is 18.9. The summed E-state index contributed by atoms with van der Waals surface area (Å²) in [5.74, 6) is 0.437. The number of urea groups is 1. The molecule has 0 aromatic heterocycles. The Balaban J connectivity index is 1.52. The van der Waals surface area contributed by atoms with Crippen molar-refractivity contribution in [3.63, 3.8) is 0 Å². The molecule has 2 aromatic rings. The van der Waals surface area contributed by atoms with E-state index in [-0.39, 0.29) is 11.9 Å². The molecular weight excluding hydrogens is 388 g/mol. The number of carbonyl (C=O) groups is 2. The van der Waals surface area contributed by atoms with E-state index in [0.29, 0.717) is 5.91 Å². The number of para-hydroxylation sites is 1. The standard InChI is InChI=1S/C25H34N4O2/c1-4-19(5-2)24(30)29-17-15-28(16-18-29)22-13-11-21(12-14-22)26-25(31)27-23-10-8-7-9-20(23)6-3/h7-14,19H,4-6,15-18H2,1-3H3,(H2,26,27,31). The predicted octanol–water partition coefficient (Wildman–Crippen LogP) is 4.98. The fraction of sp³-hybridized carbons (Fsp3) is 0.440. The minimum absolute atomic E-state index is 0.146. The zero-order chi connectivity index (χ0) is 22.2. The Kier molecular flexibility index (Phi) is 7.93. The van der Waals surface area contributed by atoms with Crippen LogP contribution in [0.4, 0.5) is 21.9 Å². The number of aryl methyl sites for hydroxylation is 1. The Morgan fingerprint density at radius 1 is 0.871 bits per heavy atom. The van der Waals surface area contributed by atoms with E-state index in [1.165, 1.54) is 0 Å². The fourth-order valence-corrected chi connectivity index (χ4v) is 4.07. The van der Waals surface area contributed by atoms with Gasteiger partial charge in [-0.15, -0.1) is 0 Å². The molecule has 0 spiro atoms. The van der Waals surface area contributed by atoms with Crippen LogP contribution < -0.4 is 15.5 Å². The molecule has 0 atom stereocenters. The molecular formula is C25H34N4O2. The molecule has 31 heavy (non-hydrogen) atoms. The van der Waals surface area contributed by atoms with Gasteiger partial charge in [0.25, 0.3) is 0 Å². The highest BCUT2D eigenvalue weighted by Gasteiger charge is 2.25. The first-order valence-electron chi connectivity index (χ1n) is 11.3. The minimum atomic E-state index is -0.248. The molecule has 0 aliphatic carbocycles. The number of amides is 3. The average molecular weight is 423 g/mol. The van der Waals surface area contributed by atoms with Crippen LogP contribution in [0.15, 0.2) is 48.5 Å². The molecule has 166 valence electrons. The van der Waals surface area contributed by atoms with Crippen molar-refractivity contribution in [3.05, 3.63) is 54.1 Å². The molecule has 2 aromatic carbocycles. The topological polar surface area (TPSA) is 64.7 Å². The Labute approximate surface area is 185 Å². The zero-order valence-electron chi connectivity index (χ0n) is 18.9. The van der Waals surface area contributed by atoms with Gasteiger partial charge in [0.15, 0.2) is 0 Å². The lowest BCUT2D eigenvalue weighted by atomic mass is 10.0. The second-order valence-corrected chi connectivity index (χ2v) is 7.96. The van der Waals surface area contributed by atoms with Crippen molar-refractivity contribution in [1.82, 2.24) is 4.90 Å². The minimum Gasteiger partial charge on any atom is -0.368 e. The number of hydrogen-bond acceptors (Lipinski definition) is 3. The predicted molar refractivity (Wildman–Crippen MR) is 128 cm³/mol. The van der Waals surface area contributed by atoms with E-state index >= 15 is 0 Å². The summed E-state index contributed by atoms with van der Waals surface area (Å²) < 4.78 is 0. The van der Waals surface area contributed by atoms with Crippen LogP contribution in [0.1, 0.15) is 39.2 Å². The Morgan fingerprint density at radius 2 is 1.52 bits per heavy atom. The van der Waals surface area contributed by atoms with Gasteiger partial charge >= 0.3 is 6.03 Å². The first-order valence-corrected chi connectivity index (χ1v) is 11.3. The van der Waals surface area contributed by atoms with E-state index in [4.69, 9.17) is 0 Å². The summed E-state index contributed by atoms with van der Waals surface area (Å²) in [6, 6.07) is 15.5. The van der Waals surface area contributed by atoms with Crippen molar-refractivity contribution in [2.45, 2.75) is 40.0 Å². The molecule has 2 N–H and O–H groups in total. The van der Waals surface area contributed by atoms with Gasteiger partial charge in [0.05, 0.1) is 0 Å². The SMILES string of the molecule is CCc1ccccc1NC(=O)Nc1ccc(N2CCN(C(=O)C(CC)CC)CC2)cc1. The van der Waals surface area contributed by atoms with Gasteiger partial charge in [0, 0.05) is 49.2 Å². The van der Waals surface area contributed by atoms with Crippen LogP contribution in [0.2, 0.25) is 0 Å².